The highest BCUT2D eigenvalue weighted by Crippen LogP contribution is 2.27. The number of halogens is 1. The Kier molecular flexibility index (Phi) is 10.3. The van der Waals surface area contributed by atoms with Gasteiger partial charge in [-0.05, 0) is 75.6 Å². The molecule has 39 heavy (non-hydrogen) atoms. The SMILES string of the molecule is CC[C@@H](C)NC(=O)[C@H](C)N(Cc1cccc(Br)c1)C(=O)CN(c1ccccc1C)S(=O)(=O)c1ccc(C)cc1. The number of hydrogen-bond donors (Lipinski definition) is 1. The summed E-state index contributed by atoms with van der Waals surface area (Å²) >= 11 is 3.46. The van der Waals surface area contributed by atoms with Crippen molar-refractivity contribution in [2.24, 2.45) is 0 Å². The molecule has 9 heteroatoms. The number of amides is 2. The number of sulfonamides is 1. The van der Waals surface area contributed by atoms with Crippen LogP contribution in [0.3, 0.4) is 0 Å². The molecule has 0 fully saturated rings. The standard InChI is InChI=1S/C30H36BrN3O4S/c1-6-23(4)32-30(36)24(5)33(19-25-11-9-12-26(31)18-25)29(35)20-34(28-13-8-7-10-22(28)3)39(37,38)27-16-14-21(2)15-17-27/h7-18,23-24H,6,19-20H2,1-5H3,(H,32,36)/t23-,24+/m1/s1. The lowest BCUT2D eigenvalue weighted by molar-refractivity contribution is -0.139. The average molecular weight is 615 g/mol. The number of carbonyl (C=O) groups excluding carboxylic acids is 2. The maximum Gasteiger partial charge on any atom is 0.264 e. The molecule has 0 aliphatic rings. The van der Waals surface area contributed by atoms with Crippen molar-refractivity contribution in [3.8, 4) is 0 Å². The molecule has 0 spiro atoms. The second-order valence-electron chi connectivity index (χ2n) is 9.76. The summed E-state index contributed by atoms with van der Waals surface area (Å²) in [6, 6.07) is 20.2. The monoisotopic (exact) mass is 613 g/mol. The number of benzene rings is 3. The zero-order valence-electron chi connectivity index (χ0n) is 23.0. The van der Waals surface area contributed by atoms with Gasteiger partial charge in [0.05, 0.1) is 10.6 Å². The summed E-state index contributed by atoms with van der Waals surface area (Å²) in [4.78, 5) is 28.6. The normalized spacial score (nSPS) is 12.9. The van der Waals surface area contributed by atoms with Crippen LogP contribution in [0.15, 0.2) is 82.2 Å². The first kappa shape index (κ1) is 30.4. The lowest BCUT2D eigenvalue weighted by Gasteiger charge is -2.33. The van der Waals surface area contributed by atoms with Gasteiger partial charge in [-0.15, -0.1) is 0 Å². The van der Waals surface area contributed by atoms with Gasteiger partial charge in [-0.1, -0.05) is 70.9 Å². The molecule has 0 aliphatic heterocycles. The third-order valence-corrected chi connectivity index (χ3v) is 8.95. The van der Waals surface area contributed by atoms with E-state index in [4.69, 9.17) is 0 Å². The summed E-state index contributed by atoms with van der Waals surface area (Å²) in [5, 5.41) is 2.94. The molecule has 2 atom stereocenters. The van der Waals surface area contributed by atoms with Gasteiger partial charge in [0, 0.05) is 17.1 Å². The van der Waals surface area contributed by atoms with Crippen molar-refractivity contribution in [2.45, 2.75) is 64.6 Å². The van der Waals surface area contributed by atoms with E-state index < -0.39 is 28.5 Å². The van der Waals surface area contributed by atoms with Crippen LogP contribution < -0.4 is 9.62 Å². The maximum absolute atomic E-state index is 14.0. The molecule has 0 aliphatic carbocycles. The van der Waals surface area contributed by atoms with Crippen molar-refractivity contribution in [3.05, 3.63) is 94.0 Å². The Labute approximate surface area is 240 Å². The van der Waals surface area contributed by atoms with E-state index in [9.17, 15) is 18.0 Å². The molecular formula is C30H36BrN3O4S. The van der Waals surface area contributed by atoms with Gasteiger partial charge < -0.3 is 10.2 Å². The minimum absolute atomic E-state index is 0.0619. The molecule has 208 valence electrons. The van der Waals surface area contributed by atoms with E-state index in [0.29, 0.717) is 11.3 Å². The summed E-state index contributed by atoms with van der Waals surface area (Å²) in [6.45, 7) is 8.90. The van der Waals surface area contributed by atoms with E-state index in [-0.39, 0.29) is 23.4 Å². The summed E-state index contributed by atoms with van der Waals surface area (Å²) < 4.78 is 29.8. The Morgan fingerprint density at radius 2 is 1.62 bits per heavy atom. The van der Waals surface area contributed by atoms with Crippen LogP contribution in [-0.2, 0) is 26.2 Å². The van der Waals surface area contributed by atoms with Crippen LogP contribution in [0.5, 0.6) is 0 Å². The molecule has 0 saturated heterocycles. The Morgan fingerprint density at radius 3 is 2.23 bits per heavy atom. The summed E-state index contributed by atoms with van der Waals surface area (Å²) in [6.07, 6.45) is 0.744. The van der Waals surface area contributed by atoms with Crippen LogP contribution in [0.1, 0.15) is 43.9 Å². The number of rotatable bonds is 11. The fraction of sp³-hybridized carbons (Fsp3) is 0.333. The molecule has 0 unspecified atom stereocenters. The maximum atomic E-state index is 14.0. The first-order valence-corrected chi connectivity index (χ1v) is 15.2. The van der Waals surface area contributed by atoms with Crippen LogP contribution in [0, 0.1) is 13.8 Å². The minimum Gasteiger partial charge on any atom is -0.352 e. The van der Waals surface area contributed by atoms with Crippen molar-refractivity contribution in [2.75, 3.05) is 10.8 Å². The number of carbonyl (C=O) groups is 2. The summed E-state index contributed by atoms with van der Waals surface area (Å²) in [5.74, 6) is -0.780. The molecule has 0 radical (unpaired) electrons. The Hall–Kier alpha value is -3.17. The van der Waals surface area contributed by atoms with Crippen molar-refractivity contribution in [3.63, 3.8) is 0 Å². The molecule has 2 amide bonds. The second-order valence-corrected chi connectivity index (χ2v) is 12.5. The third kappa shape index (κ3) is 7.70. The highest BCUT2D eigenvalue weighted by molar-refractivity contribution is 9.10. The van der Waals surface area contributed by atoms with Crippen molar-refractivity contribution in [1.29, 1.82) is 0 Å². The lowest BCUT2D eigenvalue weighted by Crippen LogP contribution is -2.52. The van der Waals surface area contributed by atoms with Crippen molar-refractivity contribution >= 4 is 43.5 Å². The van der Waals surface area contributed by atoms with Gasteiger partial charge in [0.15, 0.2) is 0 Å². The van der Waals surface area contributed by atoms with E-state index in [1.165, 1.54) is 4.90 Å². The molecule has 1 N–H and O–H groups in total. The van der Waals surface area contributed by atoms with Crippen molar-refractivity contribution in [1.82, 2.24) is 10.2 Å². The zero-order valence-corrected chi connectivity index (χ0v) is 25.4. The first-order chi connectivity index (χ1) is 18.4. The van der Waals surface area contributed by atoms with Gasteiger partial charge in [0.25, 0.3) is 10.0 Å². The molecule has 3 aromatic carbocycles. The number of nitrogens with one attached hydrogen (secondary N) is 1. The molecule has 3 rings (SSSR count). The van der Waals surface area contributed by atoms with Gasteiger partial charge in [-0.25, -0.2) is 8.42 Å². The highest BCUT2D eigenvalue weighted by Gasteiger charge is 2.33. The fourth-order valence-corrected chi connectivity index (χ4v) is 6.00. The van der Waals surface area contributed by atoms with Gasteiger partial charge in [0.1, 0.15) is 12.6 Å². The van der Waals surface area contributed by atoms with Gasteiger partial charge in [-0.3, -0.25) is 13.9 Å². The van der Waals surface area contributed by atoms with E-state index in [1.807, 2.05) is 51.1 Å². The number of nitrogens with zero attached hydrogens (tertiary/aromatic N) is 2. The van der Waals surface area contributed by atoms with Crippen LogP contribution >= 0.6 is 15.9 Å². The number of anilines is 1. The second kappa shape index (κ2) is 13.3. The van der Waals surface area contributed by atoms with Crippen LogP contribution in [0.4, 0.5) is 5.69 Å². The van der Waals surface area contributed by atoms with E-state index in [2.05, 4.69) is 21.2 Å². The molecule has 0 aromatic heterocycles. The smallest absolute Gasteiger partial charge is 0.264 e. The molecule has 0 saturated carbocycles. The average Bonchev–Trinajstić information content (AvgIpc) is 2.90. The van der Waals surface area contributed by atoms with Crippen molar-refractivity contribution < 1.29 is 18.0 Å². The van der Waals surface area contributed by atoms with Crippen LogP contribution in [-0.4, -0.2) is 43.8 Å². The topological polar surface area (TPSA) is 86.8 Å². The minimum atomic E-state index is -4.09. The zero-order chi connectivity index (χ0) is 28.7. The number of para-hydroxylation sites is 1. The molecule has 3 aromatic rings. The van der Waals surface area contributed by atoms with E-state index >= 15 is 0 Å². The molecule has 0 bridgehead atoms. The fourth-order valence-electron chi connectivity index (χ4n) is 4.07. The molecule has 0 heterocycles. The number of hydrogen-bond acceptors (Lipinski definition) is 4. The summed E-state index contributed by atoms with van der Waals surface area (Å²) in [5.41, 5.74) is 2.85. The van der Waals surface area contributed by atoms with Gasteiger partial charge >= 0.3 is 0 Å². The molecule has 7 nitrogen and oxygen atoms in total. The van der Waals surface area contributed by atoms with Gasteiger partial charge in [0.2, 0.25) is 11.8 Å². The first-order valence-electron chi connectivity index (χ1n) is 12.9. The van der Waals surface area contributed by atoms with Crippen LogP contribution in [0.2, 0.25) is 0 Å². The quantitative estimate of drug-likeness (QED) is 0.305. The van der Waals surface area contributed by atoms with Crippen LogP contribution in [0.25, 0.3) is 0 Å². The van der Waals surface area contributed by atoms with E-state index in [1.54, 1.807) is 56.3 Å². The highest BCUT2D eigenvalue weighted by atomic mass is 79.9. The van der Waals surface area contributed by atoms with Gasteiger partial charge in [-0.2, -0.15) is 0 Å². The lowest BCUT2D eigenvalue weighted by atomic mass is 10.1. The summed E-state index contributed by atoms with van der Waals surface area (Å²) in [7, 11) is -4.09. The largest absolute Gasteiger partial charge is 0.352 e. The third-order valence-electron chi connectivity index (χ3n) is 6.68. The molecular weight excluding hydrogens is 578 g/mol. The Morgan fingerprint density at radius 1 is 0.949 bits per heavy atom. The predicted molar refractivity (Wildman–Crippen MR) is 159 cm³/mol. The Bertz CT molecular complexity index is 1410. The van der Waals surface area contributed by atoms with E-state index in [0.717, 1.165) is 26.3 Å². The number of aryl methyl sites for hydroxylation is 2. The Balaban J connectivity index is 2.04. The predicted octanol–water partition coefficient (Wildman–Crippen LogP) is 5.59.